The van der Waals surface area contributed by atoms with Gasteiger partial charge in [0.25, 0.3) is 11.5 Å². The van der Waals surface area contributed by atoms with Crippen LogP contribution in [0.4, 0.5) is 0 Å². The van der Waals surface area contributed by atoms with Crippen molar-refractivity contribution in [3.63, 3.8) is 0 Å². The van der Waals surface area contributed by atoms with Gasteiger partial charge in [-0.2, -0.15) is 5.10 Å². The molecule has 0 aromatic carbocycles. The Bertz CT molecular complexity index is 969. The monoisotopic (exact) mass is 338 g/mol. The molecule has 3 rings (SSSR count). The Labute approximate surface area is 130 Å². The molecular weight excluding hydrogens is 332 g/mol. The predicted molar refractivity (Wildman–Crippen MR) is 80.8 cm³/mol. The number of fused-ring (bicyclic) bond motifs is 1. The van der Waals surface area contributed by atoms with E-state index >= 15 is 0 Å². The number of hydrogen-bond acceptors (Lipinski definition) is 6. The highest BCUT2D eigenvalue weighted by Gasteiger charge is 2.10. The zero-order chi connectivity index (χ0) is 15.7. The van der Waals surface area contributed by atoms with Crippen LogP contribution in [0, 0.1) is 0 Å². The summed E-state index contributed by atoms with van der Waals surface area (Å²) in [5.41, 5.74) is 1.02. The van der Waals surface area contributed by atoms with Gasteiger partial charge in [0, 0.05) is 17.6 Å². The van der Waals surface area contributed by atoms with Crippen molar-refractivity contribution in [3.8, 4) is 0 Å². The summed E-state index contributed by atoms with van der Waals surface area (Å²) in [4.78, 5) is 42.9. The third-order valence-corrected chi connectivity index (χ3v) is 3.65. The highest BCUT2D eigenvalue weighted by Crippen LogP contribution is 2.19. The molecule has 0 bridgehead atoms. The minimum absolute atomic E-state index is 0.203. The van der Waals surface area contributed by atoms with Gasteiger partial charge in [-0.05, 0) is 0 Å². The van der Waals surface area contributed by atoms with Crippen LogP contribution in [0.2, 0.25) is 5.15 Å². The summed E-state index contributed by atoms with van der Waals surface area (Å²) in [6, 6.07) is 0.954. The van der Waals surface area contributed by atoms with Crippen LogP contribution >= 0.6 is 22.9 Å². The van der Waals surface area contributed by atoms with Crippen LogP contribution in [0.3, 0.4) is 0 Å². The van der Waals surface area contributed by atoms with E-state index in [1.165, 1.54) is 17.6 Å². The van der Waals surface area contributed by atoms with Gasteiger partial charge in [0.2, 0.25) is 0 Å². The van der Waals surface area contributed by atoms with Gasteiger partial charge in [-0.3, -0.25) is 19.0 Å². The number of carbonyl (C=O) groups is 1. The summed E-state index contributed by atoms with van der Waals surface area (Å²) in [5.74, 6) is -0.735. The van der Waals surface area contributed by atoms with E-state index in [4.69, 9.17) is 11.6 Å². The molecule has 1 amide bonds. The maximum Gasteiger partial charge on any atom is 0.326 e. The standard InChI is InChI=1S/C11H7ClN6O3S/c12-8-6(18-1-2-22-11(18)16-8)4-13-17-9(20)5-3-7(19)15-10(21)14-5/h1-4H,(H,17,20)(H2,14,15,19,21)/b13-4+. The number of hydrogen-bond donors (Lipinski definition) is 3. The van der Waals surface area contributed by atoms with E-state index in [2.05, 4.69) is 20.5 Å². The lowest BCUT2D eigenvalue weighted by molar-refractivity contribution is 0.0949. The Balaban J connectivity index is 1.81. The van der Waals surface area contributed by atoms with Gasteiger partial charge in [0.15, 0.2) is 10.1 Å². The van der Waals surface area contributed by atoms with E-state index in [-0.39, 0.29) is 10.8 Å². The summed E-state index contributed by atoms with van der Waals surface area (Å²) >= 11 is 7.36. The van der Waals surface area contributed by atoms with Crippen molar-refractivity contribution in [2.75, 3.05) is 0 Å². The highest BCUT2D eigenvalue weighted by molar-refractivity contribution is 7.15. The van der Waals surface area contributed by atoms with Gasteiger partial charge in [0.1, 0.15) is 11.4 Å². The highest BCUT2D eigenvalue weighted by atomic mass is 35.5. The third-order valence-electron chi connectivity index (χ3n) is 2.61. The SMILES string of the molecule is O=C(N/N=C/c1c(Cl)nc2sccn12)c1cc(=O)[nH]c(=O)[nH]1. The fourth-order valence-corrected chi connectivity index (χ4v) is 2.69. The Kier molecular flexibility index (Phi) is 3.61. The van der Waals surface area contributed by atoms with E-state index in [0.29, 0.717) is 10.7 Å². The van der Waals surface area contributed by atoms with Crippen LogP contribution in [0.15, 0.2) is 32.3 Å². The fraction of sp³-hybridized carbons (Fsp3) is 0. The number of thiazole rings is 1. The van der Waals surface area contributed by atoms with E-state index in [1.807, 2.05) is 10.4 Å². The van der Waals surface area contributed by atoms with Crippen molar-refractivity contribution in [1.82, 2.24) is 24.8 Å². The number of aromatic nitrogens is 4. The van der Waals surface area contributed by atoms with Crippen LogP contribution in [-0.2, 0) is 0 Å². The van der Waals surface area contributed by atoms with Gasteiger partial charge in [-0.1, -0.05) is 11.6 Å². The van der Waals surface area contributed by atoms with E-state index in [9.17, 15) is 14.4 Å². The summed E-state index contributed by atoms with van der Waals surface area (Å²) in [6.45, 7) is 0. The maximum absolute atomic E-state index is 11.8. The number of rotatable bonds is 3. The Hall–Kier alpha value is -2.72. The number of nitrogens with one attached hydrogen (secondary N) is 3. The van der Waals surface area contributed by atoms with Crippen LogP contribution in [0.1, 0.15) is 16.2 Å². The number of aromatic amines is 2. The second-order valence-corrected chi connectivity index (χ2v) is 5.27. The molecule has 0 saturated heterocycles. The minimum Gasteiger partial charge on any atom is -0.303 e. The van der Waals surface area contributed by atoms with Crippen LogP contribution < -0.4 is 16.7 Å². The minimum atomic E-state index is -0.777. The molecule has 0 fully saturated rings. The molecule has 0 radical (unpaired) electrons. The molecular formula is C11H7ClN6O3S. The van der Waals surface area contributed by atoms with Crippen molar-refractivity contribution in [1.29, 1.82) is 0 Å². The molecule has 0 saturated carbocycles. The number of amides is 1. The van der Waals surface area contributed by atoms with Crippen LogP contribution in [-0.4, -0.2) is 31.5 Å². The Morgan fingerprint density at radius 3 is 3.05 bits per heavy atom. The van der Waals surface area contributed by atoms with Gasteiger partial charge >= 0.3 is 5.69 Å². The summed E-state index contributed by atoms with van der Waals surface area (Å²) in [6.07, 6.45) is 3.08. The molecule has 3 aromatic rings. The van der Waals surface area contributed by atoms with Crippen molar-refractivity contribution < 1.29 is 4.79 Å². The summed E-state index contributed by atoms with van der Waals surface area (Å²) < 4.78 is 1.71. The predicted octanol–water partition coefficient (Wildman–Crippen LogP) is 0.190. The Morgan fingerprint density at radius 2 is 2.27 bits per heavy atom. The zero-order valence-corrected chi connectivity index (χ0v) is 12.2. The smallest absolute Gasteiger partial charge is 0.303 e. The maximum atomic E-state index is 11.8. The Morgan fingerprint density at radius 1 is 1.45 bits per heavy atom. The summed E-state index contributed by atoms with van der Waals surface area (Å²) in [5, 5.41) is 5.81. The van der Waals surface area contributed by atoms with Crippen LogP contribution in [0.5, 0.6) is 0 Å². The molecule has 3 aromatic heterocycles. The number of carbonyl (C=O) groups excluding carboxylic acids is 1. The number of nitrogens with zero attached hydrogens (tertiary/aromatic N) is 3. The number of halogens is 1. The first kappa shape index (κ1) is 14.2. The van der Waals surface area contributed by atoms with E-state index < -0.39 is 17.2 Å². The lowest BCUT2D eigenvalue weighted by Crippen LogP contribution is -2.28. The molecule has 112 valence electrons. The van der Waals surface area contributed by atoms with Gasteiger partial charge < -0.3 is 4.98 Å². The quantitative estimate of drug-likeness (QED) is 0.465. The molecule has 0 unspecified atom stereocenters. The fourth-order valence-electron chi connectivity index (χ4n) is 1.70. The van der Waals surface area contributed by atoms with Gasteiger partial charge in [-0.15, -0.1) is 11.3 Å². The third kappa shape index (κ3) is 2.69. The largest absolute Gasteiger partial charge is 0.326 e. The number of imidazole rings is 1. The molecule has 3 heterocycles. The van der Waals surface area contributed by atoms with E-state index in [1.54, 1.807) is 10.6 Å². The first-order valence-electron chi connectivity index (χ1n) is 5.82. The second kappa shape index (κ2) is 5.58. The molecule has 0 aliphatic carbocycles. The topological polar surface area (TPSA) is 124 Å². The summed E-state index contributed by atoms with van der Waals surface area (Å²) in [7, 11) is 0. The lowest BCUT2D eigenvalue weighted by atomic mass is 10.4. The van der Waals surface area contributed by atoms with Crippen molar-refractivity contribution in [3.05, 3.63) is 55.0 Å². The normalized spacial score (nSPS) is 11.3. The van der Waals surface area contributed by atoms with Gasteiger partial charge in [0.05, 0.1) is 6.21 Å². The van der Waals surface area contributed by atoms with Gasteiger partial charge in [-0.25, -0.2) is 15.2 Å². The van der Waals surface area contributed by atoms with Crippen molar-refractivity contribution >= 4 is 40.0 Å². The van der Waals surface area contributed by atoms with E-state index in [0.717, 1.165) is 6.07 Å². The molecule has 22 heavy (non-hydrogen) atoms. The molecule has 3 N–H and O–H groups in total. The molecule has 9 nitrogen and oxygen atoms in total. The van der Waals surface area contributed by atoms with Crippen LogP contribution in [0.25, 0.3) is 4.96 Å². The molecule has 0 aliphatic rings. The molecule has 11 heteroatoms. The molecule has 0 atom stereocenters. The second-order valence-electron chi connectivity index (χ2n) is 4.04. The van der Waals surface area contributed by atoms with Crippen molar-refractivity contribution in [2.45, 2.75) is 0 Å². The number of H-pyrrole nitrogens is 2. The van der Waals surface area contributed by atoms with Crippen molar-refractivity contribution in [2.24, 2.45) is 5.10 Å². The first-order valence-corrected chi connectivity index (χ1v) is 7.08. The zero-order valence-electron chi connectivity index (χ0n) is 10.7. The molecule has 0 aliphatic heterocycles. The number of hydrazone groups is 1. The lowest BCUT2D eigenvalue weighted by Gasteiger charge is -1.98. The first-order chi connectivity index (χ1) is 10.5. The molecule has 0 spiro atoms. The average molecular weight is 339 g/mol. The average Bonchev–Trinajstić information content (AvgIpc) is 3.00.